The number of hydrogen-bond donors (Lipinski definition) is 4. The van der Waals surface area contributed by atoms with Crippen molar-refractivity contribution in [1.29, 1.82) is 21.6 Å². The van der Waals surface area contributed by atoms with Crippen LogP contribution in [0.25, 0.3) is 0 Å². The van der Waals surface area contributed by atoms with Gasteiger partial charge in [0.05, 0.1) is 0 Å². The molecule has 9 heteroatoms. The molecular weight excluding hydrogens is 292 g/mol. The van der Waals surface area contributed by atoms with Crippen molar-refractivity contribution in [2.45, 2.75) is 53.4 Å². The molecule has 0 aromatic rings. The van der Waals surface area contributed by atoms with E-state index in [-0.39, 0.29) is 49.3 Å². The van der Waals surface area contributed by atoms with Crippen LogP contribution in [-0.4, -0.2) is 32.6 Å². The molecule has 0 aromatic heterocycles. The van der Waals surface area contributed by atoms with Gasteiger partial charge in [0.2, 0.25) is 0 Å². The fraction of sp³-hybridized carbons (Fsp3) is 0.667. The zero-order valence-electron chi connectivity index (χ0n) is 13.0. The Morgan fingerprint density at radius 1 is 0.571 bits per heavy atom. The monoisotopic (exact) mass is 316 g/mol. The Morgan fingerprint density at radius 3 is 0.905 bits per heavy atom. The van der Waals surface area contributed by atoms with Crippen LogP contribution in [0.4, 0.5) is 0 Å². The third kappa shape index (κ3) is 6.89. The van der Waals surface area contributed by atoms with Gasteiger partial charge >= 0.3 is 9.05 Å². The van der Waals surface area contributed by atoms with Gasteiger partial charge in [0.25, 0.3) is 0 Å². The predicted octanol–water partition coefficient (Wildman–Crippen LogP) is 3.04. The quantitative estimate of drug-likeness (QED) is 0.311. The lowest BCUT2D eigenvalue weighted by Crippen LogP contribution is -2.53. The summed E-state index contributed by atoms with van der Waals surface area (Å²) in [5.41, 5.74) is 0. The first-order valence-electron chi connectivity index (χ1n) is 6.88. The highest BCUT2D eigenvalue weighted by molar-refractivity contribution is 6.61. The SMILES string of the molecule is CCC(=N)O[Si](OC(=N)CC)(OC(=N)CC)OC(=N)CC. The Balaban J connectivity index is 5.43. The van der Waals surface area contributed by atoms with E-state index >= 15 is 0 Å². The normalized spacial score (nSPS) is 12.8. The van der Waals surface area contributed by atoms with Gasteiger partial charge in [-0.3, -0.25) is 21.6 Å². The Morgan fingerprint density at radius 2 is 0.762 bits per heavy atom. The molecule has 0 aliphatic rings. The highest BCUT2D eigenvalue weighted by atomic mass is 28.4. The summed E-state index contributed by atoms with van der Waals surface area (Å²) in [6, 6.07) is 0. The molecule has 0 heterocycles. The van der Waals surface area contributed by atoms with Crippen molar-refractivity contribution in [2.24, 2.45) is 0 Å². The molecule has 0 amide bonds. The second kappa shape index (κ2) is 9.11. The molecule has 0 fully saturated rings. The van der Waals surface area contributed by atoms with Crippen LogP contribution in [-0.2, 0) is 17.7 Å². The van der Waals surface area contributed by atoms with Crippen LogP contribution in [0.1, 0.15) is 53.4 Å². The molecule has 4 N–H and O–H groups in total. The molecule has 0 saturated carbocycles. The summed E-state index contributed by atoms with van der Waals surface area (Å²) in [5, 5.41) is 30.6. The Hall–Kier alpha value is -1.90. The maximum atomic E-state index is 7.66. The molecule has 8 nitrogen and oxygen atoms in total. The lowest BCUT2D eigenvalue weighted by Gasteiger charge is -2.27. The molecular formula is C12H24N4O4Si. The largest absolute Gasteiger partial charge is 0.970 e. The van der Waals surface area contributed by atoms with Crippen molar-refractivity contribution in [1.82, 2.24) is 0 Å². The lowest BCUT2D eigenvalue weighted by molar-refractivity contribution is 0.130. The highest BCUT2D eigenvalue weighted by Crippen LogP contribution is 2.17. The molecule has 0 radical (unpaired) electrons. The van der Waals surface area contributed by atoms with Gasteiger partial charge < -0.3 is 17.7 Å². The smallest absolute Gasteiger partial charge is 0.440 e. The molecule has 0 unspecified atom stereocenters. The first kappa shape index (κ1) is 19.1. The van der Waals surface area contributed by atoms with Crippen LogP contribution >= 0.6 is 0 Å². The first-order chi connectivity index (χ1) is 9.82. The third-order valence-electron chi connectivity index (χ3n) is 2.28. The molecule has 21 heavy (non-hydrogen) atoms. The average Bonchev–Trinajstić information content (AvgIpc) is 2.46. The fourth-order valence-electron chi connectivity index (χ4n) is 1.02. The second-order valence-electron chi connectivity index (χ2n) is 4.02. The summed E-state index contributed by atoms with van der Waals surface area (Å²) in [5.74, 6) is -0.562. The van der Waals surface area contributed by atoms with Crippen LogP contribution in [0.2, 0.25) is 0 Å². The first-order valence-corrected chi connectivity index (χ1v) is 8.51. The molecule has 0 saturated heterocycles. The van der Waals surface area contributed by atoms with Gasteiger partial charge in [-0.15, -0.1) is 0 Å². The molecule has 0 atom stereocenters. The topological polar surface area (TPSA) is 132 Å². The Labute approximate surface area is 126 Å². The van der Waals surface area contributed by atoms with Crippen molar-refractivity contribution in [3.8, 4) is 0 Å². The lowest BCUT2D eigenvalue weighted by atomic mass is 10.5. The third-order valence-corrected chi connectivity index (χ3v) is 4.26. The van der Waals surface area contributed by atoms with E-state index in [0.717, 1.165) is 0 Å². The maximum absolute atomic E-state index is 7.66. The van der Waals surface area contributed by atoms with E-state index in [2.05, 4.69) is 0 Å². The zero-order valence-corrected chi connectivity index (χ0v) is 14.0. The van der Waals surface area contributed by atoms with E-state index in [1.165, 1.54) is 0 Å². The molecule has 0 rings (SSSR count). The Kier molecular flexibility index (Phi) is 8.28. The van der Waals surface area contributed by atoms with Crippen molar-refractivity contribution in [2.75, 3.05) is 0 Å². The van der Waals surface area contributed by atoms with Gasteiger partial charge in [-0.2, -0.15) is 0 Å². The number of hydrogen-bond acceptors (Lipinski definition) is 8. The zero-order chi connectivity index (χ0) is 16.5. The second-order valence-corrected chi connectivity index (χ2v) is 5.83. The summed E-state index contributed by atoms with van der Waals surface area (Å²) >= 11 is 0. The molecule has 0 aliphatic heterocycles. The summed E-state index contributed by atoms with van der Waals surface area (Å²) in [7, 11) is -4.03. The van der Waals surface area contributed by atoms with Crippen LogP contribution in [0.3, 0.4) is 0 Å². The minimum Gasteiger partial charge on any atom is -0.440 e. The molecule has 0 spiro atoms. The van der Waals surface area contributed by atoms with Crippen molar-refractivity contribution < 1.29 is 17.7 Å². The van der Waals surface area contributed by atoms with E-state index in [4.69, 9.17) is 39.3 Å². The van der Waals surface area contributed by atoms with Crippen LogP contribution in [0.15, 0.2) is 0 Å². The standard InChI is InChI=1S/C12H24N4O4Si/c1-5-9(13)17-21(18-10(14)6-2,19-11(15)7-3)20-12(16)8-4/h13-16H,5-8H2,1-4H3. The molecule has 0 bridgehead atoms. The molecule has 120 valence electrons. The van der Waals surface area contributed by atoms with Gasteiger partial charge in [0, 0.05) is 25.7 Å². The van der Waals surface area contributed by atoms with Gasteiger partial charge in [0.15, 0.2) is 23.6 Å². The Bertz CT molecular complexity index is 337. The van der Waals surface area contributed by atoms with Crippen LogP contribution in [0, 0.1) is 21.6 Å². The van der Waals surface area contributed by atoms with E-state index < -0.39 is 9.05 Å². The number of rotatable bonds is 8. The maximum Gasteiger partial charge on any atom is 0.970 e. The van der Waals surface area contributed by atoms with Crippen molar-refractivity contribution in [3.05, 3.63) is 0 Å². The summed E-state index contributed by atoms with van der Waals surface area (Å²) < 4.78 is 21.4. The number of nitrogens with one attached hydrogen (secondary N) is 4. The van der Waals surface area contributed by atoms with E-state index in [9.17, 15) is 0 Å². The molecule has 0 aliphatic carbocycles. The summed E-state index contributed by atoms with van der Waals surface area (Å²) in [6.07, 6.45) is 1.12. The average molecular weight is 316 g/mol. The van der Waals surface area contributed by atoms with E-state index in [0.29, 0.717) is 0 Å². The summed E-state index contributed by atoms with van der Waals surface area (Å²) in [6.45, 7) is 6.84. The minimum absolute atomic E-state index is 0.140. The van der Waals surface area contributed by atoms with Crippen molar-refractivity contribution in [3.63, 3.8) is 0 Å². The van der Waals surface area contributed by atoms with Crippen LogP contribution in [0.5, 0.6) is 0 Å². The molecule has 0 aromatic carbocycles. The van der Waals surface area contributed by atoms with Gasteiger partial charge in [-0.1, -0.05) is 27.7 Å². The minimum atomic E-state index is -4.03. The van der Waals surface area contributed by atoms with Crippen molar-refractivity contribution >= 4 is 32.6 Å². The van der Waals surface area contributed by atoms with Gasteiger partial charge in [-0.05, 0) is 0 Å². The van der Waals surface area contributed by atoms with E-state index in [1.807, 2.05) is 0 Å². The van der Waals surface area contributed by atoms with Gasteiger partial charge in [-0.25, -0.2) is 0 Å². The summed E-state index contributed by atoms with van der Waals surface area (Å²) in [4.78, 5) is 0. The highest BCUT2D eigenvalue weighted by Gasteiger charge is 2.60. The fourth-order valence-corrected chi connectivity index (χ4v) is 3.05. The van der Waals surface area contributed by atoms with E-state index in [1.54, 1.807) is 27.7 Å². The predicted molar refractivity (Wildman–Crippen MR) is 82.2 cm³/mol. The van der Waals surface area contributed by atoms with Gasteiger partial charge in [0.1, 0.15) is 0 Å². The van der Waals surface area contributed by atoms with Crippen LogP contribution < -0.4 is 0 Å².